The summed E-state index contributed by atoms with van der Waals surface area (Å²) in [5.74, 6) is -3.03. The van der Waals surface area contributed by atoms with Crippen molar-refractivity contribution in [1.82, 2.24) is 0 Å². The second-order valence-electron chi connectivity index (χ2n) is 13.3. The largest absolute Gasteiger partial charge is 0.390 e. The zero-order valence-corrected chi connectivity index (χ0v) is 30.2. The third-order valence-corrected chi connectivity index (χ3v) is 8.75. The van der Waals surface area contributed by atoms with Gasteiger partial charge < -0.3 is 9.47 Å². The van der Waals surface area contributed by atoms with Crippen molar-refractivity contribution in [1.29, 1.82) is 0 Å². The molecule has 0 aliphatic carbocycles. The lowest BCUT2D eigenvalue weighted by molar-refractivity contribution is -0.159. The Morgan fingerprint density at radius 2 is 0.522 bits per heavy atom. The summed E-state index contributed by atoms with van der Waals surface area (Å²) in [6, 6.07) is 0. The van der Waals surface area contributed by atoms with E-state index in [2.05, 4.69) is 13.8 Å². The molecule has 0 heterocycles. The SMILES string of the molecule is CCCCCCCCCCCCCCCCCC(=O)OC(=O)/C=C\C(=O)OC(=O)CCCCCCCCCCCCCCCCC. The van der Waals surface area contributed by atoms with Crippen molar-refractivity contribution in [2.75, 3.05) is 0 Å². The molecule has 0 amide bonds. The number of rotatable bonds is 34. The molecule has 6 nitrogen and oxygen atoms in total. The van der Waals surface area contributed by atoms with Gasteiger partial charge in [-0.15, -0.1) is 0 Å². The summed E-state index contributed by atoms with van der Waals surface area (Å²) in [4.78, 5) is 47.4. The lowest BCUT2D eigenvalue weighted by Gasteiger charge is -2.04. The minimum absolute atomic E-state index is 0.181. The van der Waals surface area contributed by atoms with Gasteiger partial charge in [-0.05, 0) is 12.8 Å². The Hall–Kier alpha value is -1.98. The number of hydrogen-bond acceptors (Lipinski definition) is 6. The molecule has 0 aromatic heterocycles. The van der Waals surface area contributed by atoms with Gasteiger partial charge in [-0.3, -0.25) is 9.59 Å². The molecule has 0 spiro atoms. The van der Waals surface area contributed by atoms with Crippen LogP contribution in [0.3, 0.4) is 0 Å². The van der Waals surface area contributed by atoms with E-state index in [0.717, 1.165) is 37.8 Å². The van der Waals surface area contributed by atoms with E-state index in [9.17, 15) is 19.2 Å². The number of esters is 4. The Labute approximate surface area is 283 Å². The van der Waals surface area contributed by atoms with Crippen LogP contribution in [0.5, 0.6) is 0 Å². The van der Waals surface area contributed by atoms with Gasteiger partial charge in [0.1, 0.15) is 0 Å². The zero-order chi connectivity index (χ0) is 33.8. The van der Waals surface area contributed by atoms with Crippen LogP contribution in [0.2, 0.25) is 0 Å². The summed E-state index contributed by atoms with van der Waals surface area (Å²) >= 11 is 0. The first-order chi connectivity index (χ1) is 22.5. The third kappa shape index (κ3) is 34.9. The van der Waals surface area contributed by atoms with E-state index < -0.39 is 23.9 Å². The molecule has 0 aliphatic heterocycles. The molecule has 46 heavy (non-hydrogen) atoms. The highest BCUT2D eigenvalue weighted by molar-refractivity contribution is 5.98. The fourth-order valence-corrected chi connectivity index (χ4v) is 5.81. The van der Waals surface area contributed by atoms with Gasteiger partial charge in [0.15, 0.2) is 0 Å². The van der Waals surface area contributed by atoms with Crippen molar-refractivity contribution in [2.45, 2.75) is 219 Å². The average Bonchev–Trinajstić information content (AvgIpc) is 3.03. The van der Waals surface area contributed by atoms with Crippen molar-refractivity contribution in [3.05, 3.63) is 12.2 Å². The van der Waals surface area contributed by atoms with E-state index >= 15 is 0 Å². The molecule has 0 radical (unpaired) electrons. The molecular formula is C40H72O6. The van der Waals surface area contributed by atoms with Crippen LogP contribution in [0.1, 0.15) is 219 Å². The van der Waals surface area contributed by atoms with Crippen LogP contribution in [0, 0.1) is 0 Å². The highest BCUT2D eigenvalue weighted by Crippen LogP contribution is 2.15. The quantitative estimate of drug-likeness (QED) is 0.0299. The maximum atomic E-state index is 11.9. The van der Waals surface area contributed by atoms with Crippen molar-refractivity contribution < 1.29 is 28.7 Å². The first kappa shape index (κ1) is 44.0. The average molecular weight is 649 g/mol. The van der Waals surface area contributed by atoms with Crippen molar-refractivity contribution in [3.8, 4) is 0 Å². The molecule has 0 aromatic carbocycles. The maximum Gasteiger partial charge on any atom is 0.338 e. The normalized spacial score (nSPS) is 11.3. The van der Waals surface area contributed by atoms with Crippen molar-refractivity contribution in [3.63, 3.8) is 0 Å². The third-order valence-electron chi connectivity index (χ3n) is 8.75. The van der Waals surface area contributed by atoms with Crippen molar-refractivity contribution in [2.24, 2.45) is 0 Å². The van der Waals surface area contributed by atoms with Crippen molar-refractivity contribution >= 4 is 23.9 Å². The molecule has 0 aliphatic rings. The summed E-state index contributed by atoms with van der Waals surface area (Å²) in [5.41, 5.74) is 0. The second-order valence-corrected chi connectivity index (χ2v) is 13.3. The van der Waals surface area contributed by atoms with Crippen LogP contribution < -0.4 is 0 Å². The van der Waals surface area contributed by atoms with E-state index in [4.69, 9.17) is 9.47 Å². The van der Waals surface area contributed by atoms with E-state index in [1.54, 1.807) is 0 Å². The topological polar surface area (TPSA) is 86.7 Å². The molecule has 268 valence electrons. The number of carbonyl (C=O) groups is 4. The lowest BCUT2D eigenvalue weighted by Crippen LogP contribution is -2.12. The van der Waals surface area contributed by atoms with Gasteiger partial charge in [0.05, 0.1) is 0 Å². The van der Waals surface area contributed by atoms with Gasteiger partial charge in [-0.25, -0.2) is 9.59 Å². The molecule has 0 saturated heterocycles. The minimum atomic E-state index is -0.919. The van der Waals surface area contributed by atoms with Gasteiger partial charge >= 0.3 is 23.9 Å². The molecule has 0 bridgehead atoms. The summed E-state index contributed by atoms with van der Waals surface area (Å²) < 4.78 is 9.46. The van der Waals surface area contributed by atoms with Gasteiger partial charge in [0, 0.05) is 25.0 Å². The Bertz CT molecular complexity index is 697. The summed E-state index contributed by atoms with van der Waals surface area (Å²) in [7, 11) is 0. The predicted octanol–water partition coefficient (Wildman–Crippen LogP) is 12.2. The van der Waals surface area contributed by atoms with E-state index in [1.165, 1.54) is 154 Å². The predicted molar refractivity (Wildman–Crippen MR) is 190 cm³/mol. The molecule has 0 fully saturated rings. The van der Waals surface area contributed by atoms with E-state index in [-0.39, 0.29) is 12.8 Å². The second kappa shape index (κ2) is 35.9. The van der Waals surface area contributed by atoms with Crippen LogP contribution in [0.15, 0.2) is 12.2 Å². The monoisotopic (exact) mass is 649 g/mol. The molecule has 0 N–H and O–H groups in total. The maximum absolute atomic E-state index is 11.9. The van der Waals surface area contributed by atoms with Crippen LogP contribution >= 0.6 is 0 Å². The number of unbranched alkanes of at least 4 members (excludes halogenated alkanes) is 28. The Balaban J connectivity index is 3.57. The molecule has 0 aromatic rings. The summed E-state index contributed by atoms with van der Waals surface area (Å²) in [5, 5.41) is 0. The number of ether oxygens (including phenoxy) is 2. The lowest BCUT2D eigenvalue weighted by atomic mass is 10.0. The first-order valence-electron chi connectivity index (χ1n) is 19.7. The Kier molecular flexibility index (Phi) is 34.3. The fraction of sp³-hybridized carbons (Fsp3) is 0.850. The molecule has 6 heteroatoms. The summed E-state index contributed by atoms with van der Waals surface area (Å²) in [6.07, 6.45) is 39.3. The molecule has 0 rings (SSSR count). The van der Waals surface area contributed by atoms with E-state index in [1.807, 2.05) is 0 Å². The highest BCUT2D eigenvalue weighted by Gasteiger charge is 2.11. The standard InChI is InChI=1S/C40H72O6/c1-3-5-7-9-11-13-15-17-19-21-23-25-27-29-31-33-37(41)45-39(43)35-36-40(44)46-38(42)34-32-30-28-26-24-22-20-18-16-14-12-10-8-6-4-2/h35-36H,3-34H2,1-2H3/b36-35-. The molecule has 0 atom stereocenters. The molecule has 0 unspecified atom stereocenters. The Morgan fingerprint density at radius 3 is 0.739 bits per heavy atom. The molecule has 0 saturated carbocycles. The van der Waals surface area contributed by atoms with Gasteiger partial charge in [0.25, 0.3) is 0 Å². The van der Waals surface area contributed by atoms with Crippen LogP contribution in [-0.2, 0) is 28.7 Å². The number of carbonyl (C=O) groups excluding carboxylic acids is 4. The van der Waals surface area contributed by atoms with Crippen LogP contribution in [-0.4, -0.2) is 23.9 Å². The van der Waals surface area contributed by atoms with Crippen LogP contribution in [0.25, 0.3) is 0 Å². The highest BCUT2D eigenvalue weighted by atomic mass is 16.6. The minimum Gasteiger partial charge on any atom is -0.390 e. The van der Waals surface area contributed by atoms with Gasteiger partial charge in [-0.2, -0.15) is 0 Å². The van der Waals surface area contributed by atoms with E-state index in [0.29, 0.717) is 12.8 Å². The molecular weight excluding hydrogens is 576 g/mol. The Morgan fingerprint density at radius 1 is 0.326 bits per heavy atom. The number of hydrogen-bond donors (Lipinski definition) is 0. The summed E-state index contributed by atoms with van der Waals surface area (Å²) in [6.45, 7) is 4.51. The van der Waals surface area contributed by atoms with Crippen LogP contribution in [0.4, 0.5) is 0 Å². The van der Waals surface area contributed by atoms with Gasteiger partial charge in [0.2, 0.25) is 0 Å². The zero-order valence-electron chi connectivity index (χ0n) is 30.2. The first-order valence-corrected chi connectivity index (χ1v) is 19.7. The smallest absolute Gasteiger partial charge is 0.338 e. The van der Waals surface area contributed by atoms with Gasteiger partial charge in [-0.1, -0.05) is 194 Å². The fourth-order valence-electron chi connectivity index (χ4n) is 5.81.